The maximum atomic E-state index is 11.9. The van der Waals surface area contributed by atoms with Crippen molar-refractivity contribution in [3.8, 4) is 0 Å². The second kappa shape index (κ2) is 8.55. The Morgan fingerprint density at radius 1 is 1.32 bits per heavy atom. The number of aromatic nitrogens is 1. The van der Waals surface area contributed by atoms with Gasteiger partial charge in [-0.05, 0) is 42.8 Å². The number of amides is 1. The molecule has 2 aromatic rings. The lowest BCUT2D eigenvalue weighted by Gasteiger charge is -2.08. The van der Waals surface area contributed by atoms with E-state index in [1.54, 1.807) is 37.3 Å². The third-order valence-corrected chi connectivity index (χ3v) is 3.14. The van der Waals surface area contributed by atoms with Crippen LogP contribution in [0.25, 0.3) is 6.08 Å². The van der Waals surface area contributed by atoms with Crippen molar-refractivity contribution >= 4 is 29.2 Å². The molecule has 25 heavy (non-hydrogen) atoms. The van der Waals surface area contributed by atoms with Crippen LogP contribution in [0.5, 0.6) is 0 Å². The van der Waals surface area contributed by atoms with Gasteiger partial charge in [-0.25, -0.2) is 4.98 Å². The minimum absolute atomic E-state index is 0.00281. The summed E-state index contributed by atoms with van der Waals surface area (Å²) in [7, 11) is 0. The van der Waals surface area contributed by atoms with Crippen molar-refractivity contribution in [2.24, 2.45) is 0 Å². The molecule has 0 bridgehead atoms. The number of nitrogens with one attached hydrogen (secondary N) is 2. The van der Waals surface area contributed by atoms with Gasteiger partial charge in [0.1, 0.15) is 5.82 Å². The van der Waals surface area contributed by atoms with Gasteiger partial charge in [0, 0.05) is 24.8 Å². The molecule has 0 saturated heterocycles. The summed E-state index contributed by atoms with van der Waals surface area (Å²) in [6.07, 6.45) is 3.92. The normalized spacial score (nSPS) is 11.9. The number of aliphatic hydroxyl groups is 1. The van der Waals surface area contributed by atoms with Crippen molar-refractivity contribution < 1.29 is 14.8 Å². The van der Waals surface area contributed by atoms with Crippen LogP contribution in [-0.2, 0) is 4.79 Å². The Labute approximate surface area is 144 Å². The Morgan fingerprint density at radius 3 is 2.60 bits per heavy atom. The number of nitro benzene ring substituents is 1. The fourth-order valence-electron chi connectivity index (χ4n) is 1.89. The summed E-state index contributed by atoms with van der Waals surface area (Å²) in [6, 6.07) is 9.26. The first kappa shape index (κ1) is 18.1. The lowest BCUT2D eigenvalue weighted by molar-refractivity contribution is -0.384. The molecule has 0 spiro atoms. The zero-order valence-electron chi connectivity index (χ0n) is 13.5. The SMILES string of the molecule is CC(O)CNc1ccc(NC(=O)/C=C/c2ccc([N+](=O)[O-])cc2)cn1. The Kier molecular flexibility index (Phi) is 6.19. The van der Waals surface area contributed by atoms with Crippen molar-refractivity contribution in [1.29, 1.82) is 0 Å². The standard InChI is InChI=1S/C17H18N4O4/c1-12(22)10-18-16-8-5-14(11-19-16)20-17(23)9-4-13-2-6-15(7-3-13)21(24)25/h2-9,11-12,22H,10H2,1H3,(H,18,19)(H,20,23)/b9-4+. The number of rotatable bonds is 7. The summed E-state index contributed by atoms with van der Waals surface area (Å²) in [5.74, 6) is 0.255. The highest BCUT2D eigenvalue weighted by atomic mass is 16.6. The van der Waals surface area contributed by atoms with Crippen molar-refractivity contribution in [1.82, 2.24) is 4.98 Å². The highest BCUT2D eigenvalue weighted by Gasteiger charge is 2.03. The first-order valence-corrected chi connectivity index (χ1v) is 7.55. The van der Waals surface area contributed by atoms with Gasteiger partial charge < -0.3 is 15.7 Å². The third kappa shape index (κ3) is 6.04. The Morgan fingerprint density at radius 2 is 2.04 bits per heavy atom. The summed E-state index contributed by atoms with van der Waals surface area (Å²) >= 11 is 0. The van der Waals surface area contributed by atoms with E-state index in [0.29, 0.717) is 23.6 Å². The number of aliphatic hydroxyl groups excluding tert-OH is 1. The molecule has 8 nitrogen and oxygen atoms in total. The van der Waals surface area contributed by atoms with Crippen LogP contribution in [0.3, 0.4) is 0 Å². The molecule has 0 aliphatic rings. The quantitative estimate of drug-likeness (QED) is 0.404. The molecule has 130 valence electrons. The first-order valence-electron chi connectivity index (χ1n) is 7.55. The molecule has 1 amide bonds. The molecule has 1 unspecified atom stereocenters. The lowest BCUT2D eigenvalue weighted by atomic mass is 10.2. The summed E-state index contributed by atoms with van der Waals surface area (Å²) in [5.41, 5.74) is 1.20. The number of non-ortho nitro benzene ring substituents is 1. The summed E-state index contributed by atoms with van der Waals surface area (Å²) in [5, 5.41) is 25.4. The predicted molar refractivity (Wildman–Crippen MR) is 95.2 cm³/mol. The van der Waals surface area contributed by atoms with E-state index in [1.165, 1.54) is 24.4 Å². The molecule has 8 heteroatoms. The molecule has 1 atom stereocenters. The van der Waals surface area contributed by atoms with Gasteiger partial charge in [0.15, 0.2) is 0 Å². The van der Waals surface area contributed by atoms with Crippen LogP contribution in [0, 0.1) is 10.1 Å². The van der Waals surface area contributed by atoms with E-state index in [4.69, 9.17) is 0 Å². The van der Waals surface area contributed by atoms with E-state index in [9.17, 15) is 20.0 Å². The van der Waals surface area contributed by atoms with Gasteiger partial charge in [-0.2, -0.15) is 0 Å². The molecular weight excluding hydrogens is 324 g/mol. The number of carbonyl (C=O) groups is 1. The number of benzene rings is 1. The first-order chi connectivity index (χ1) is 11.9. The average molecular weight is 342 g/mol. The number of nitro groups is 1. The summed E-state index contributed by atoms with van der Waals surface area (Å²) < 4.78 is 0. The van der Waals surface area contributed by atoms with Crippen molar-refractivity contribution in [3.05, 3.63) is 64.3 Å². The molecule has 0 aliphatic carbocycles. The monoisotopic (exact) mass is 342 g/mol. The van der Waals surface area contributed by atoms with Gasteiger partial charge in [0.05, 0.1) is 22.9 Å². The number of anilines is 2. The highest BCUT2D eigenvalue weighted by Crippen LogP contribution is 2.13. The van der Waals surface area contributed by atoms with Crippen LogP contribution in [0.4, 0.5) is 17.2 Å². The van der Waals surface area contributed by atoms with E-state index in [0.717, 1.165) is 0 Å². The smallest absolute Gasteiger partial charge is 0.269 e. The molecule has 1 aromatic carbocycles. The third-order valence-electron chi connectivity index (χ3n) is 3.14. The van der Waals surface area contributed by atoms with Gasteiger partial charge in [0.25, 0.3) is 5.69 Å². The van der Waals surface area contributed by atoms with Crippen LogP contribution in [0.1, 0.15) is 12.5 Å². The molecule has 3 N–H and O–H groups in total. The van der Waals surface area contributed by atoms with Gasteiger partial charge in [-0.1, -0.05) is 0 Å². The molecule has 1 heterocycles. The number of hydrogen-bond acceptors (Lipinski definition) is 6. The molecule has 0 saturated carbocycles. The largest absolute Gasteiger partial charge is 0.392 e. The van der Waals surface area contributed by atoms with Crippen LogP contribution in [0.15, 0.2) is 48.7 Å². The molecule has 0 fully saturated rings. The zero-order valence-corrected chi connectivity index (χ0v) is 13.5. The van der Waals surface area contributed by atoms with Gasteiger partial charge in [-0.15, -0.1) is 0 Å². The molecule has 0 radical (unpaired) electrons. The van der Waals surface area contributed by atoms with E-state index >= 15 is 0 Å². The molecule has 2 rings (SSSR count). The van der Waals surface area contributed by atoms with Gasteiger partial charge >= 0.3 is 0 Å². The van der Waals surface area contributed by atoms with Crippen molar-refractivity contribution in [3.63, 3.8) is 0 Å². The fraction of sp³-hybridized carbons (Fsp3) is 0.176. The molecule has 1 aromatic heterocycles. The summed E-state index contributed by atoms with van der Waals surface area (Å²) in [6.45, 7) is 2.05. The van der Waals surface area contributed by atoms with Crippen LogP contribution >= 0.6 is 0 Å². The van der Waals surface area contributed by atoms with E-state index in [-0.39, 0.29) is 11.6 Å². The Bertz CT molecular complexity index is 755. The number of hydrogen-bond donors (Lipinski definition) is 3. The van der Waals surface area contributed by atoms with Crippen molar-refractivity contribution in [2.45, 2.75) is 13.0 Å². The molecule has 0 aliphatic heterocycles. The second-order valence-corrected chi connectivity index (χ2v) is 5.33. The highest BCUT2D eigenvalue weighted by molar-refractivity contribution is 6.01. The Hall–Kier alpha value is -3.26. The van der Waals surface area contributed by atoms with E-state index in [2.05, 4.69) is 15.6 Å². The number of carbonyl (C=O) groups excluding carboxylic acids is 1. The molecular formula is C17H18N4O4. The second-order valence-electron chi connectivity index (χ2n) is 5.33. The van der Waals surface area contributed by atoms with Crippen LogP contribution in [0.2, 0.25) is 0 Å². The van der Waals surface area contributed by atoms with E-state index < -0.39 is 11.0 Å². The maximum Gasteiger partial charge on any atom is 0.269 e. The zero-order chi connectivity index (χ0) is 18.2. The van der Waals surface area contributed by atoms with Gasteiger partial charge in [-0.3, -0.25) is 14.9 Å². The topological polar surface area (TPSA) is 117 Å². The minimum Gasteiger partial charge on any atom is -0.392 e. The van der Waals surface area contributed by atoms with Crippen LogP contribution in [-0.4, -0.2) is 33.6 Å². The summed E-state index contributed by atoms with van der Waals surface area (Å²) in [4.78, 5) is 26.1. The van der Waals surface area contributed by atoms with E-state index in [1.807, 2.05) is 0 Å². The number of pyridine rings is 1. The average Bonchev–Trinajstić information content (AvgIpc) is 2.59. The lowest BCUT2D eigenvalue weighted by Crippen LogP contribution is -2.16. The van der Waals surface area contributed by atoms with Crippen LogP contribution < -0.4 is 10.6 Å². The van der Waals surface area contributed by atoms with Crippen molar-refractivity contribution in [2.75, 3.05) is 17.2 Å². The fourth-order valence-corrected chi connectivity index (χ4v) is 1.89. The predicted octanol–water partition coefficient (Wildman–Crippen LogP) is 2.43. The minimum atomic E-state index is -0.481. The van der Waals surface area contributed by atoms with Gasteiger partial charge in [0.2, 0.25) is 5.91 Å². The number of nitrogens with zero attached hydrogens (tertiary/aromatic N) is 2. The Balaban J connectivity index is 1.89. The maximum absolute atomic E-state index is 11.9.